The molecule has 0 radical (unpaired) electrons. The average Bonchev–Trinajstić information content (AvgIpc) is 3.50. The van der Waals surface area contributed by atoms with Crippen molar-refractivity contribution >= 4 is 51.5 Å². The molecular formula is C24H19N7O2S. The lowest BCUT2D eigenvalue weighted by molar-refractivity contribution is -0.114. The molecule has 0 unspecified atom stereocenters. The number of nitrogens with two attached hydrogens (primary N) is 1. The van der Waals surface area contributed by atoms with E-state index < -0.39 is 5.91 Å². The van der Waals surface area contributed by atoms with Gasteiger partial charge in [0.05, 0.1) is 5.69 Å². The van der Waals surface area contributed by atoms with Gasteiger partial charge in [-0.05, 0) is 47.8 Å². The molecule has 4 N–H and O–H groups in total. The van der Waals surface area contributed by atoms with E-state index in [0.717, 1.165) is 16.9 Å². The highest BCUT2D eigenvalue weighted by molar-refractivity contribution is 7.08. The molecule has 10 heteroatoms. The van der Waals surface area contributed by atoms with Crippen molar-refractivity contribution in [2.45, 2.75) is 6.92 Å². The molecule has 2 amide bonds. The van der Waals surface area contributed by atoms with Gasteiger partial charge in [0, 0.05) is 34.8 Å². The Morgan fingerprint density at radius 3 is 2.35 bits per heavy atom. The zero-order valence-electron chi connectivity index (χ0n) is 18.0. The number of carbonyl (C=O) groups is 2. The lowest BCUT2D eigenvalue weighted by Gasteiger charge is -2.10. The van der Waals surface area contributed by atoms with E-state index in [1.54, 1.807) is 54.1 Å². The van der Waals surface area contributed by atoms with E-state index in [2.05, 4.69) is 15.6 Å². The molecule has 34 heavy (non-hydrogen) atoms. The first kappa shape index (κ1) is 21.3. The molecule has 168 valence electrons. The maximum absolute atomic E-state index is 11.5. The average molecular weight is 470 g/mol. The highest BCUT2D eigenvalue weighted by Gasteiger charge is 2.16. The summed E-state index contributed by atoms with van der Waals surface area (Å²) in [6.07, 6.45) is 1.71. The molecule has 9 nitrogen and oxygen atoms in total. The Labute approximate surface area is 198 Å². The Morgan fingerprint density at radius 1 is 0.971 bits per heavy atom. The molecule has 3 heterocycles. The van der Waals surface area contributed by atoms with Gasteiger partial charge in [-0.15, -0.1) is 0 Å². The van der Waals surface area contributed by atoms with E-state index >= 15 is 0 Å². The SMILES string of the molecule is CC(=O)Nc1ccc(Nc2nc(-c3ccc(C(N)=O)cc3)nc3c2ncn3-c2ccsc2)cc1. The van der Waals surface area contributed by atoms with Crippen LogP contribution in [0.2, 0.25) is 0 Å². The number of hydrogen-bond acceptors (Lipinski definition) is 7. The number of aromatic nitrogens is 4. The summed E-state index contributed by atoms with van der Waals surface area (Å²) < 4.78 is 1.90. The summed E-state index contributed by atoms with van der Waals surface area (Å²) in [5.74, 6) is 0.366. The molecule has 0 spiro atoms. The van der Waals surface area contributed by atoms with Gasteiger partial charge in [0.15, 0.2) is 22.8 Å². The van der Waals surface area contributed by atoms with E-state index in [1.165, 1.54) is 6.92 Å². The second kappa shape index (κ2) is 8.75. The van der Waals surface area contributed by atoms with Gasteiger partial charge in [0.2, 0.25) is 11.8 Å². The zero-order valence-corrected chi connectivity index (χ0v) is 18.8. The summed E-state index contributed by atoms with van der Waals surface area (Å²) in [4.78, 5) is 36.8. The van der Waals surface area contributed by atoms with Gasteiger partial charge in [-0.1, -0.05) is 12.1 Å². The summed E-state index contributed by atoms with van der Waals surface area (Å²) in [7, 11) is 0. The summed E-state index contributed by atoms with van der Waals surface area (Å²) in [6.45, 7) is 1.46. The minimum atomic E-state index is -0.497. The van der Waals surface area contributed by atoms with Crippen LogP contribution in [0.1, 0.15) is 17.3 Å². The zero-order chi connectivity index (χ0) is 23.7. The lowest BCUT2D eigenvalue weighted by Crippen LogP contribution is -2.10. The molecule has 0 fully saturated rings. The fraction of sp³-hybridized carbons (Fsp3) is 0.0417. The molecule has 0 aliphatic carbocycles. The second-order valence-corrected chi connectivity index (χ2v) is 8.27. The number of anilines is 3. The number of rotatable bonds is 6. The molecule has 3 aromatic heterocycles. The molecule has 0 bridgehead atoms. The Bertz CT molecular complexity index is 1490. The number of nitrogens with one attached hydrogen (secondary N) is 2. The molecule has 5 aromatic rings. The predicted octanol–water partition coefficient (Wildman–Crippen LogP) is 4.34. The summed E-state index contributed by atoms with van der Waals surface area (Å²) in [5, 5.41) is 10.1. The molecule has 0 saturated heterocycles. The number of nitrogens with zero attached hydrogens (tertiary/aromatic N) is 4. The number of fused-ring (bicyclic) bond motifs is 1. The quantitative estimate of drug-likeness (QED) is 0.339. The van der Waals surface area contributed by atoms with Crippen molar-refractivity contribution in [1.29, 1.82) is 0 Å². The van der Waals surface area contributed by atoms with E-state index in [4.69, 9.17) is 15.7 Å². The lowest BCUT2D eigenvalue weighted by atomic mass is 10.1. The minimum absolute atomic E-state index is 0.135. The number of amides is 2. The number of benzene rings is 2. The van der Waals surface area contributed by atoms with Gasteiger partial charge in [0.1, 0.15) is 6.33 Å². The van der Waals surface area contributed by atoms with Crippen molar-refractivity contribution in [2.24, 2.45) is 5.73 Å². The predicted molar refractivity (Wildman–Crippen MR) is 133 cm³/mol. The topological polar surface area (TPSA) is 128 Å². The Morgan fingerprint density at radius 2 is 1.71 bits per heavy atom. The summed E-state index contributed by atoms with van der Waals surface area (Å²) in [5.41, 5.74) is 10.2. The molecule has 0 saturated carbocycles. The Hall–Kier alpha value is -4.57. The van der Waals surface area contributed by atoms with Gasteiger partial charge in [-0.3, -0.25) is 14.2 Å². The van der Waals surface area contributed by atoms with Crippen molar-refractivity contribution in [3.8, 4) is 17.1 Å². The highest BCUT2D eigenvalue weighted by Crippen LogP contribution is 2.29. The van der Waals surface area contributed by atoms with E-state index in [-0.39, 0.29) is 5.91 Å². The third-order valence-electron chi connectivity index (χ3n) is 5.08. The van der Waals surface area contributed by atoms with E-state index in [9.17, 15) is 9.59 Å². The number of primary amides is 1. The fourth-order valence-electron chi connectivity index (χ4n) is 3.46. The fourth-order valence-corrected chi connectivity index (χ4v) is 4.09. The van der Waals surface area contributed by atoms with Crippen LogP contribution in [0.3, 0.4) is 0 Å². The van der Waals surface area contributed by atoms with Crippen molar-refractivity contribution in [1.82, 2.24) is 19.5 Å². The summed E-state index contributed by atoms with van der Waals surface area (Å²) >= 11 is 1.58. The monoisotopic (exact) mass is 469 g/mol. The number of carbonyl (C=O) groups excluding carboxylic acids is 2. The number of imidazole rings is 1. The molecule has 5 rings (SSSR count). The van der Waals surface area contributed by atoms with Crippen molar-refractivity contribution in [3.63, 3.8) is 0 Å². The molecule has 0 atom stereocenters. The first-order chi connectivity index (χ1) is 16.5. The van der Waals surface area contributed by atoms with Crippen molar-refractivity contribution in [2.75, 3.05) is 10.6 Å². The van der Waals surface area contributed by atoms with E-state index in [1.807, 2.05) is 33.5 Å². The Kier molecular flexibility index (Phi) is 5.48. The molecule has 0 aliphatic heterocycles. The maximum Gasteiger partial charge on any atom is 0.248 e. The third-order valence-corrected chi connectivity index (χ3v) is 5.75. The Balaban J connectivity index is 1.59. The largest absolute Gasteiger partial charge is 0.366 e. The van der Waals surface area contributed by atoms with Crippen LogP contribution < -0.4 is 16.4 Å². The van der Waals surface area contributed by atoms with Crippen LogP contribution in [-0.2, 0) is 4.79 Å². The molecule has 0 aliphatic rings. The van der Waals surface area contributed by atoms with Gasteiger partial charge >= 0.3 is 0 Å². The molecule has 2 aromatic carbocycles. The van der Waals surface area contributed by atoms with Gasteiger partial charge in [-0.25, -0.2) is 15.0 Å². The van der Waals surface area contributed by atoms with E-state index in [0.29, 0.717) is 34.1 Å². The van der Waals surface area contributed by atoms with Crippen molar-refractivity contribution < 1.29 is 9.59 Å². The van der Waals surface area contributed by atoms with Crippen LogP contribution >= 0.6 is 11.3 Å². The smallest absolute Gasteiger partial charge is 0.248 e. The first-order valence-corrected chi connectivity index (χ1v) is 11.2. The first-order valence-electron chi connectivity index (χ1n) is 10.3. The molecular weight excluding hydrogens is 450 g/mol. The standard InChI is InChI=1S/C24H19N7O2S/c1-14(32)27-17-6-8-18(9-7-17)28-23-20-24(31(13-26-20)19-10-11-34-12-19)30-22(29-23)16-4-2-15(3-5-16)21(25)33/h2-13H,1H3,(H2,25,33)(H,27,32)(H,28,29,30). The van der Waals surface area contributed by atoms with Gasteiger partial charge in [0.25, 0.3) is 0 Å². The number of thiophene rings is 1. The van der Waals surface area contributed by atoms with Crippen LogP contribution in [0.4, 0.5) is 17.2 Å². The maximum atomic E-state index is 11.5. The van der Waals surface area contributed by atoms with Crippen LogP contribution in [-0.4, -0.2) is 31.3 Å². The summed E-state index contributed by atoms with van der Waals surface area (Å²) in [6, 6.07) is 16.1. The normalized spacial score (nSPS) is 10.9. The van der Waals surface area contributed by atoms with Crippen molar-refractivity contribution in [3.05, 3.63) is 77.2 Å². The minimum Gasteiger partial charge on any atom is -0.366 e. The van der Waals surface area contributed by atoms with Crippen LogP contribution in [0.25, 0.3) is 28.2 Å². The van der Waals surface area contributed by atoms with Crippen LogP contribution in [0.5, 0.6) is 0 Å². The number of hydrogen-bond donors (Lipinski definition) is 3. The highest BCUT2D eigenvalue weighted by atomic mass is 32.1. The van der Waals surface area contributed by atoms with Gasteiger partial charge in [-0.2, -0.15) is 11.3 Å². The van der Waals surface area contributed by atoms with Crippen LogP contribution in [0.15, 0.2) is 71.7 Å². The van der Waals surface area contributed by atoms with Crippen LogP contribution in [0, 0.1) is 0 Å². The third kappa shape index (κ3) is 4.21. The second-order valence-electron chi connectivity index (χ2n) is 7.49. The van der Waals surface area contributed by atoms with Gasteiger partial charge < -0.3 is 16.4 Å².